The number of carbonyl (C=O) groups is 1. The molecule has 0 aromatic carbocycles. The Bertz CT molecular complexity index is 411. The van der Waals surface area contributed by atoms with E-state index < -0.39 is 0 Å². The minimum absolute atomic E-state index is 0.0176. The van der Waals surface area contributed by atoms with Gasteiger partial charge in [-0.1, -0.05) is 11.8 Å². The second-order valence-corrected chi connectivity index (χ2v) is 2.87. The van der Waals surface area contributed by atoms with Crippen LogP contribution in [0.4, 0.5) is 0 Å². The molecule has 16 heavy (non-hydrogen) atoms. The molecule has 0 saturated carbocycles. The van der Waals surface area contributed by atoms with Gasteiger partial charge in [-0.3, -0.25) is 4.79 Å². The lowest BCUT2D eigenvalue weighted by Gasteiger charge is -1.92. The highest BCUT2D eigenvalue weighted by atomic mass is 16.2. The highest BCUT2D eigenvalue weighted by molar-refractivity contribution is 5.90. The smallest absolute Gasteiger partial charge is 0.156 e. The molecule has 0 spiro atoms. The predicted molar refractivity (Wildman–Crippen MR) is 64.1 cm³/mol. The Morgan fingerprint density at radius 1 is 1.19 bits per heavy atom. The fraction of sp³-hybridized carbons (Fsp3) is 0.357. The number of ketones is 1. The molecule has 0 unspecified atom stereocenters. The Hall–Kier alpha value is -1.95. The van der Waals surface area contributed by atoms with Gasteiger partial charge in [0.25, 0.3) is 0 Å². The SMILES string of the molecule is CC#CC#CC#CC=CC(=O)CCCCO. The maximum Gasteiger partial charge on any atom is 0.156 e. The maximum absolute atomic E-state index is 11.2. The second kappa shape index (κ2) is 11.1. The van der Waals surface area contributed by atoms with E-state index in [2.05, 4.69) is 35.5 Å². The van der Waals surface area contributed by atoms with Gasteiger partial charge < -0.3 is 5.11 Å². The highest BCUT2D eigenvalue weighted by Crippen LogP contribution is 1.95. The molecule has 0 fully saturated rings. The lowest BCUT2D eigenvalue weighted by molar-refractivity contribution is -0.114. The Kier molecular flexibility index (Phi) is 9.77. The lowest BCUT2D eigenvalue weighted by Crippen LogP contribution is -1.93. The van der Waals surface area contributed by atoms with Crippen LogP contribution in [0.15, 0.2) is 12.2 Å². The lowest BCUT2D eigenvalue weighted by atomic mass is 10.2. The molecule has 2 nitrogen and oxygen atoms in total. The van der Waals surface area contributed by atoms with Crippen LogP contribution in [0, 0.1) is 35.5 Å². The first-order chi connectivity index (χ1) is 7.81. The molecule has 0 radical (unpaired) electrons. The molecule has 82 valence electrons. The summed E-state index contributed by atoms with van der Waals surface area (Å²) in [5.41, 5.74) is 0. The predicted octanol–water partition coefficient (Wildman–Crippen LogP) is 1.30. The molecule has 1 N–H and O–H groups in total. The van der Waals surface area contributed by atoms with Crippen LogP contribution in [-0.4, -0.2) is 17.5 Å². The van der Waals surface area contributed by atoms with Crippen LogP contribution in [0.5, 0.6) is 0 Å². The van der Waals surface area contributed by atoms with Crippen LogP contribution in [0.2, 0.25) is 0 Å². The number of unbranched alkanes of at least 4 members (excludes halogenated alkanes) is 1. The van der Waals surface area contributed by atoms with Crippen molar-refractivity contribution >= 4 is 5.78 Å². The van der Waals surface area contributed by atoms with Gasteiger partial charge in [0.05, 0.1) is 0 Å². The van der Waals surface area contributed by atoms with Crippen LogP contribution < -0.4 is 0 Å². The van der Waals surface area contributed by atoms with Crippen molar-refractivity contribution < 1.29 is 9.90 Å². The van der Waals surface area contributed by atoms with Gasteiger partial charge in [0, 0.05) is 13.0 Å². The van der Waals surface area contributed by atoms with Crippen molar-refractivity contribution in [1.82, 2.24) is 0 Å². The van der Waals surface area contributed by atoms with Gasteiger partial charge in [-0.25, -0.2) is 0 Å². The molecule has 0 aliphatic carbocycles. The maximum atomic E-state index is 11.2. The molecule has 2 heteroatoms. The van der Waals surface area contributed by atoms with Gasteiger partial charge in [0.15, 0.2) is 5.78 Å². The van der Waals surface area contributed by atoms with E-state index in [1.807, 2.05) is 0 Å². The summed E-state index contributed by atoms with van der Waals surface area (Å²) in [6.45, 7) is 1.83. The first-order valence-electron chi connectivity index (χ1n) is 5.03. The quantitative estimate of drug-likeness (QED) is 0.425. The molecular weight excluding hydrogens is 200 g/mol. The van der Waals surface area contributed by atoms with Crippen LogP contribution in [-0.2, 0) is 4.79 Å². The van der Waals surface area contributed by atoms with Crippen LogP contribution in [0.1, 0.15) is 26.2 Å². The molecule has 0 aromatic rings. The van der Waals surface area contributed by atoms with Gasteiger partial charge in [-0.05, 0) is 55.6 Å². The van der Waals surface area contributed by atoms with E-state index >= 15 is 0 Å². The standard InChI is InChI=1S/C14H14O2/c1-2-3-4-5-6-7-8-11-14(16)12-9-10-13-15/h8,11,15H,9-10,12-13H2,1H3. The van der Waals surface area contributed by atoms with Gasteiger partial charge in [-0.15, -0.1) is 0 Å². The van der Waals surface area contributed by atoms with Gasteiger partial charge >= 0.3 is 0 Å². The Morgan fingerprint density at radius 3 is 2.62 bits per heavy atom. The molecule has 0 aliphatic heterocycles. The van der Waals surface area contributed by atoms with Crippen molar-refractivity contribution in [3.63, 3.8) is 0 Å². The minimum atomic E-state index is 0.0176. The largest absolute Gasteiger partial charge is 0.396 e. The number of aliphatic hydroxyl groups excluding tert-OH is 1. The molecule has 0 aliphatic rings. The minimum Gasteiger partial charge on any atom is -0.396 e. The monoisotopic (exact) mass is 214 g/mol. The number of aliphatic hydroxyl groups is 1. The average molecular weight is 214 g/mol. The van der Waals surface area contributed by atoms with Crippen molar-refractivity contribution in [1.29, 1.82) is 0 Å². The second-order valence-electron chi connectivity index (χ2n) is 2.87. The van der Waals surface area contributed by atoms with Crippen molar-refractivity contribution in [2.45, 2.75) is 26.2 Å². The summed E-state index contributed by atoms with van der Waals surface area (Å²) in [4.78, 5) is 11.2. The van der Waals surface area contributed by atoms with Crippen LogP contribution in [0.25, 0.3) is 0 Å². The first kappa shape index (κ1) is 14.1. The highest BCUT2D eigenvalue weighted by Gasteiger charge is 1.94. The van der Waals surface area contributed by atoms with E-state index in [0.29, 0.717) is 19.3 Å². The number of hydrogen-bond donors (Lipinski definition) is 1. The fourth-order valence-corrected chi connectivity index (χ4v) is 0.832. The summed E-state index contributed by atoms with van der Waals surface area (Å²) in [7, 11) is 0. The van der Waals surface area contributed by atoms with Gasteiger partial charge in [-0.2, -0.15) is 0 Å². The summed E-state index contributed by atoms with van der Waals surface area (Å²) in [5.74, 6) is 15.4. The third-order valence-electron chi connectivity index (χ3n) is 1.57. The third-order valence-corrected chi connectivity index (χ3v) is 1.57. The zero-order valence-electron chi connectivity index (χ0n) is 9.34. The Labute approximate surface area is 96.7 Å². The van der Waals surface area contributed by atoms with E-state index in [1.165, 1.54) is 12.2 Å². The summed E-state index contributed by atoms with van der Waals surface area (Å²) >= 11 is 0. The summed E-state index contributed by atoms with van der Waals surface area (Å²) < 4.78 is 0. The molecule has 0 amide bonds. The summed E-state index contributed by atoms with van der Waals surface area (Å²) in [5, 5.41) is 8.52. The first-order valence-corrected chi connectivity index (χ1v) is 5.03. The zero-order chi connectivity index (χ0) is 12.1. The van der Waals surface area contributed by atoms with Crippen LogP contribution >= 0.6 is 0 Å². The number of allylic oxidation sites excluding steroid dienone is 2. The fourth-order valence-electron chi connectivity index (χ4n) is 0.832. The van der Waals surface area contributed by atoms with Gasteiger partial charge in [0.1, 0.15) is 0 Å². The number of rotatable bonds is 5. The topological polar surface area (TPSA) is 37.3 Å². The third kappa shape index (κ3) is 10.1. The van der Waals surface area contributed by atoms with Crippen molar-refractivity contribution in [3.8, 4) is 35.5 Å². The van der Waals surface area contributed by atoms with E-state index in [4.69, 9.17) is 5.11 Å². The summed E-state index contributed by atoms with van der Waals surface area (Å²) in [6, 6.07) is 0. The summed E-state index contributed by atoms with van der Waals surface area (Å²) in [6.07, 6.45) is 4.73. The molecular formula is C14H14O2. The zero-order valence-corrected chi connectivity index (χ0v) is 9.34. The van der Waals surface area contributed by atoms with Crippen molar-refractivity contribution in [2.75, 3.05) is 6.61 Å². The molecule has 0 atom stereocenters. The van der Waals surface area contributed by atoms with Crippen LogP contribution in [0.3, 0.4) is 0 Å². The molecule has 0 rings (SSSR count). The average Bonchev–Trinajstić information content (AvgIpc) is 2.28. The molecule has 0 saturated heterocycles. The Balaban J connectivity index is 3.86. The van der Waals surface area contributed by atoms with E-state index in [0.717, 1.165) is 0 Å². The van der Waals surface area contributed by atoms with E-state index in [1.54, 1.807) is 6.92 Å². The Morgan fingerprint density at radius 2 is 1.94 bits per heavy atom. The number of carbonyl (C=O) groups excluding carboxylic acids is 1. The molecule has 0 bridgehead atoms. The molecule has 0 heterocycles. The van der Waals surface area contributed by atoms with E-state index in [9.17, 15) is 4.79 Å². The number of hydrogen-bond acceptors (Lipinski definition) is 2. The molecule has 0 aromatic heterocycles. The van der Waals surface area contributed by atoms with Gasteiger partial charge in [0.2, 0.25) is 0 Å². The van der Waals surface area contributed by atoms with Crippen molar-refractivity contribution in [2.24, 2.45) is 0 Å². The normalized spacial score (nSPS) is 8.12. The van der Waals surface area contributed by atoms with Crippen molar-refractivity contribution in [3.05, 3.63) is 12.2 Å². The van der Waals surface area contributed by atoms with E-state index in [-0.39, 0.29) is 12.4 Å².